The zero-order valence-corrected chi connectivity index (χ0v) is 7.55. The van der Waals surface area contributed by atoms with Crippen LogP contribution in [0.5, 0.6) is 0 Å². The first-order chi connectivity index (χ1) is 4.33. The van der Waals surface area contributed by atoms with Crippen molar-refractivity contribution in [2.24, 2.45) is 0 Å². The van der Waals surface area contributed by atoms with Crippen molar-refractivity contribution in [3.63, 3.8) is 0 Å². The van der Waals surface area contributed by atoms with Crippen molar-refractivity contribution in [1.29, 1.82) is 0 Å². The van der Waals surface area contributed by atoms with Gasteiger partial charge in [0.2, 0.25) is 0 Å². The number of nitrogens with one attached hydrogen (secondary N) is 1. The summed E-state index contributed by atoms with van der Waals surface area (Å²) >= 11 is 5.15. The third kappa shape index (κ3) is 2.08. The molecule has 1 aromatic rings. The zero-order chi connectivity index (χ0) is 6.69. The van der Waals surface area contributed by atoms with E-state index < -0.39 is 0 Å². The lowest BCUT2D eigenvalue weighted by molar-refractivity contribution is 0.831. The minimum atomic E-state index is 0.969. The smallest absolute Gasteiger partial charge is 0.0297 e. The molecule has 0 bridgehead atoms. The van der Waals surface area contributed by atoms with Gasteiger partial charge in [0, 0.05) is 21.3 Å². The Hall–Kier alpha value is 0.140. The van der Waals surface area contributed by atoms with Gasteiger partial charge in [-0.1, -0.05) is 0 Å². The molecule has 0 spiro atoms. The van der Waals surface area contributed by atoms with E-state index >= 15 is 0 Å². The van der Waals surface area contributed by atoms with Gasteiger partial charge in [0.1, 0.15) is 0 Å². The zero-order valence-electron chi connectivity index (χ0n) is 5.15. The molecule has 1 nitrogen and oxygen atoms in total. The van der Waals surface area contributed by atoms with Gasteiger partial charge in [-0.15, -0.1) is 11.3 Å². The fraction of sp³-hybridized carbons (Fsp3) is 0.333. The third-order valence-corrected chi connectivity index (χ3v) is 2.67. The van der Waals surface area contributed by atoms with Gasteiger partial charge < -0.3 is 5.32 Å². The fourth-order valence-electron chi connectivity index (χ4n) is 0.621. The van der Waals surface area contributed by atoms with Gasteiger partial charge in [-0.25, -0.2) is 0 Å². The van der Waals surface area contributed by atoms with E-state index in [1.54, 1.807) is 11.3 Å². The molecule has 0 aliphatic rings. The minimum absolute atomic E-state index is 0.969. The molecule has 0 amide bonds. The second kappa shape index (κ2) is 3.34. The lowest BCUT2D eigenvalue weighted by Crippen LogP contribution is -2.02. The Balaban J connectivity index is 2.61. The first-order valence-corrected chi connectivity index (χ1v) is 4.37. The summed E-state index contributed by atoms with van der Waals surface area (Å²) in [4.78, 5) is 1.37. The molecular formula is C6H8BrNS. The summed E-state index contributed by atoms with van der Waals surface area (Å²) < 4.78 is 1.18. The van der Waals surface area contributed by atoms with Gasteiger partial charge in [0.25, 0.3) is 0 Å². The summed E-state index contributed by atoms with van der Waals surface area (Å²) in [6.07, 6.45) is 0. The van der Waals surface area contributed by atoms with Crippen LogP contribution in [0.4, 0.5) is 0 Å². The quantitative estimate of drug-likeness (QED) is 0.782. The highest BCUT2D eigenvalue weighted by Gasteiger charge is 1.93. The highest BCUT2D eigenvalue weighted by atomic mass is 79.9. The normalized spacial score (nSPS) is 10.0. The van der Waals surface area contributed by atoms with E-state index in [2.05, 4.69) is 32.7 Å². The summed E-state index contributed by atoms with van der Waals surface area (Å²) in [6.45, 7) is 0.969. The van der Waals surface area contributed by atoms with E-state index in [4.69, 9.17) is 0 Å². The van der Waals surface area contributed by atoms with Gasteiger partial charge in [-0.2, -0.15) is 0 Å². The molecule has 1 N–H and O–H groups in total. The van der Waals surface area contributed by atoms with Crippen LogP contribution in [0.2, 0.25) is 0 Å². The van der Waals surface area contributed by atoms with Crippen LogP contribution in [0, 0.1) is 0 Å². The van der Waals surface area contributed by atoms with Crippen LogP contribution in [0.25, 0.3) is 0 Å². The van der Waals surface area contributed by atoms with Crippen LogP contribution in [0.3, 0.4) is 0 Å². The Kier molecular flexibility index (Phi) is 2.69. The van der Waals surface area contributed by atoms with E-state index in [1.807, 2.05) is 7.05 Å². The van der Waals surface area contributed by atoms with Crippen LogP contribution in [0.1, 0.15) is 4.88 Å². The fourth-order valence-corrected chi connectivity index (χ4v) is 2.08. The van der Waals surface area contributed by atoms with Gasteiger partial charge in [-0.05, 0) is 29.0 Å². The predicted molar refractivity (Wildman–Crippen MR) is 44.8 cm³/mol. The molecule has 0 fully saturated rings. The van der Waals surface area contributed by atoms with Gasteiger partial charge >= 0.3 is 0 Å². The molecule has 0 aliphatic carbocycles. The molecule has 0 unspecified atom stereocenters. The molecule has 9 heavy (non-hydrogen) atoms. The molecule has 3 heteroatoms. The molecule has 0 saturated carbocycles. The van der Waals surface area contributed by atoms with Crippen molar-refractivity contribution in [1.82, 2.24) is 5.32 Å². The van der Waals surface area contributed by atoms with Crippen molar-refractivity contribution >= 4 is 27.3 Å². The number of thiophene rings is 1. The van der Waals surface area contributed by atoms with Crippen molar-refractivity contribution in [3.8, 4) is 0 Å². The Bertz CT molecular complexity index is 185. The minimum Gasteiger partial charge on any atom is -0.315 e. The number of hydrogen-bond donors (Lipinski definition) is 1. The molecule has 1 heterocycles. The Morgan fingerprint density at radius 3 is 3.00 bits per heavy atom. The molecule has 50 valence electrons. The highest BCUT2D eigenvalue weighted by molar-refractivity contribution is 9.10. The third-order valence-electron chi connectivity index (χ3n) is 0.973. The molecule has 0 aromatic carbocycles. The maximum atomic E-state index is 3.38. The first kappa shape index (κ1) is 7.25. The summed E-state index contributed by atoms with van der Waals surface area (Å²) in [6, 6.07) is 2.13. The molecule has 0 radical (unpaired) electrons. The van der Waals surface area contributed by atoms with Crippen LogP contribution in [-0.4, -0.2) is 7.05 Å². The van der Waals surface area contributed by atoms with Crippen molar-refractivity contribution in [2.75, 3.05) is 7.05 Å². The highest BCUT2D eigenvalue weighted by Crippen LogP contribution is 2.18. The van der Waals surface area contributed by atoms with Crippen LogP contribution >= 0.6 is 27.3 Å². The maximum Gasteiger partial charge on any atom is 0.0297 e. The summed E-state index contributed by atoms with van der Waals surface area (Å²) in [5.41, 5.74) is 0. The second-order valence-corrected chi connectivity index (χ2v) is 3.67. The number of halogens is 1. The molecule has 1 aromatic heterocycles. The summed E-state index contributed by atoms with van der Waals surface area (Å²) in [7, 11) is 1.95. The Morgan fingerprint density at radius 2 is 2.56 bits per heavy atom. The summed E-state index contributed by atoms with van der Waals surface area (Å²) in [5, 5.41) is 5.18. The monoisotopic (exact) mass is 205 g/mol. The lowest BCUT2D eigenvalue weighted by Gasteiger charge is -1.89. The number of rotatable bonds is 2. The molecule has 0 saturated heterocycles. The van der Waals surface area contributed by atoms with Crippen LogP contribution < -0.4 is 5.32 Å². The maximum absolute atomic E-state index is 3.38. The largest absolute Gasteiger partial charge is 0.315 e. The van der Waals surface area contributed by atoms with E-state index in [-0.39, 0.29) is 0 Å². The SMILES string of the molecule is CNCc1cc(Br)cs1. The average Bonchev–Trinajstić information content (AvgIpc) is 2.17. The van der Waals surface area contributed by atoms with E-state index in [9.17, 15) is 0 Å². The lowest BCUT2D eigenvalue weighted by atomic mass is 10.5. The Labute approximate surface area is 67.2 Å². The average molecular weight is 206 g/mol. The molecule has 0 atom stereocenters. The van der Waals surface area contributed by atoms with E-state index in [1.165, 1.54) is 9.35 Å². The van der Waals surface area contributed by atoms with Gasteiger partial charge in [-0.3, -0.25) is 0 Å². The first-order valence-electron chi connectivity index (χ1n) is 2.70. The molecular weight excluding hydrogens is 198 g/mol. The van der Waals surface area contributed by atoms with Gasteiger partial charge in [0.05, 0.1) is 0 Å². The van der Waals surface area contributed by atoms with Crippen molar-refractivity contribution in [3.05, 3.63) is 20.8 Å². The van der Waals surface area contributed by atoms with Crippen molar-refractivity contribution in [2.45, 2.75) is 6.54 Å². The van der Waals surface area contributed by atoms with Crippen LogP contribution in [0.15, 0.2) is 15.9 Å². The second-order valence-electron chi connectivity index (χ2n) is 1.76. The summed E-state index contributed by atoms with van der Waals surface area (Å²) in [5.74, 6) is 0. The molecule has 0 aliphatic heterocycles. The topological polar surface area (TPSA) is 12.0 Å². The van der Waals surface area contributed by atoms with E-state index in [0.717, 1.165) is 6.54 Å². The number of hydrogen-bond acceptors (Lipinski definition) is 2. The van der Waals surface area contributed by atoms with Gasteiger partial charge in [0.15, 0.2) is 0 Å². The van der Waals surface area contributed by atoms with Crippen molar-refractivity contribution < 1.29 is 0 Å². The predicted octanol–water partition coefficient (Wildman–Crippen LogP) is 2.23. The van der Waals surface area contributed by atoms with E-state index in [0.29, 0.717) is 0 Å². The van der Waals surface area contributed by atoms with Crippen LogP contribution in [-0.2, 0) is 6.54 Å². The standard InChI is InChI=1S/C6H8BrNS/c1-8-3-6-2-5(7)4-9-6/h2,4,8H,3H2,1H3. The Morgan fingerprint density at radius 1 is 1.78 bits per heavy atom. The molecule has 1 rings (SSSR count).